The molecule has 1 atom stereocenters. The number of carbonyl (C=O) groups excluding carboxylic acids is 1. The van der Waals surface area contributed by atoms with E-state index in [1.807, 2.05) is 0 Å². The van der Waals surface area contributed by atoms with Crippen molar-refractivity contribution < 1.29 is 4.79 Å². The Hall–Kier alpha value is -0.650. The van der Waals surface area contributed by atoms with Crippen LogP contribution in [-0.2, 0) is 6.54 Å². The van der Waals surface area contributed by atoms with Crippen molar-refractivity contribution in [2.45, 2.75) is 26.8 Å². The number of aromatic nitrogens is 1. The molecule has 0 aliphatic heterocycles. The predicted octanol–water partition coefficient (Wildman–Crippen LogP) is 1.80. The van der Waals surface area contributed by atoms with E-state index in [0.717, 1.165) is 11.6 Å². The third-order valence-electron chi connectivity index (χ3n) is 3.19. The third-order valence-corrected chi connectivity index (χ3v) is 4.06. The third kappa shape index (κ3) is 3.40. The van der Waals surface area contributed by atoms with Gasteiger partial charge in [-0.1, -0.05) is 13.8 Å². The summed E-state index contributed by atoms with van der Waals surface area (Å²) in [5.74, 6) is 0.530. The standard InChI is InChI=1S/C11H17N3OS.ClH/c1-11(2)3-7(11)5-13-10(15)8-6-16-9(4-12)14-8;/h6-7H,3-5,12H2,1-2H3,(H,13,15);1H. The van der Waals surface area contributed by atoms with Crippen molar-refractivity contribution in [1.82, 2.24) is 10.3 Å². The molecule has 4 nitrogen and oxygen atoms in total. The molecule has 1 unspecified atom stereocenters. The normalized spacial score (nSPS) is 20.5. The molecule has 1 aliphatic carbocycles. The molecule has 1 aliphatic rings. The second-order valence-corrected chi connectivity index (χ2v) is 5.87. The Morgan fingerprint density at radius 2 is 2.35 bits per heavy atom. The number of thiazole rings is 1. The molecule has 0 spiro atoms. The fraction of sp³-hybridized carbons (Fsp3) is 0.636. The van der Waals surface area contributed by atoms with Gasteiger partial charge in [-0.3, -0.25) is 4.79 Å². The lowest BCUT2D eigenvalue weighted by molar-refractivity contribution is 0.0946. The minimum atomic E-state index is -0.0846. The van der Waals surface area contributed by atoms with Gasteiger partial charge in [0, 0.05) is 18.5 Å². The first-order valence-corrected chi connectivity index (χ1v) is 6.33. The van der Waals surface area contributed by atoms with Crippen LogP contribution in [0.2, 0.25) is 0 Å². The van der Waals surface area contributed by atoms with E-state index in [-0.39, 0.29) is 18.3 Å². The van der Waals surface area contributed by atoms with Crippen LogP contribution in [0.4, 0.5) is 0 Å². The van der Waals surface area contributed by atoms with Crippen LogP contribution in [0.15, 0.2) is 5.38 Å². The average molecular weight is 276 g/mol. The van der Waals surface area contributed by atoms with Crippen LogP contribution < -0.4 is 11.1 Å². The van der Waals surface area contributed by atoms with Gasteiger partial charge in [0.1, 0.15) is 10.7 Å². The Labute approximate surface area is 111 Å². The average Bonchev–Trinajstić information content (AvgIpc) is 2.69. The maximum atomic E-state index is 11.7. The van der Waals surface area contributed by atoms with Gasteiger partial charge in [-0.2, -0.15) is 0 Å². The number of nitrogens with one attached hydrogen (secondary N) is 1. The summed E-state index contributed by atoms with van der Waals surface area (Å²) >= 11 is 1.43. The highest BCUT2D eigenvalue weighted by Crippen LogP contribution is 2.50. The van der Waals surface area contributed by atoms with Gasteiger partial charge in [-0.15, -0.1) is 23.7 Å². The summed E-state index contributed by atoms with van der Waals surface area (Å²) in [4.78, 5) is 15.9. The van der Waals surface area contributed by atoms with E-state index >= 15 is 0 Å². The van der Waals surface area contributed by atoms with Crippen molar-refractivity contribution in [3.8, 4) is 0 Å². The second kappa shape index (κ2) is 5.33. The second-order valence-electron chi connectivity index (χ2n) is 4.93. The molecule has 1 fully saturated rings. The number of nitrogens with two attached hydrogens (primary N) is 1. The Bertz CT molecular complexity index is 405. The zero-order valence-corrected chi connectivity index (χ0v) is 11.7. The minimum Gasteiger partial charge on any atom is -0.350 e. The molecule has 0 aromatic carbocycles. The zero-order chi connectivity index (χ0) is 11.8. The molecule has 17 heavy (non-hydrogen) atoms. The first-order valence-electron chi connectivity index (χ1n) is 5.45. The Kier molecular flexibility index (Phi) is 4.52. The van der Waals surface area contributed by atoms with E-state index in [1.54, 1.807) is 5.38 Å². The van der Waals surface area contributed by atoms with Gasteiger partial charge in [0.15, 0.2) is 0 Å². The van der Waals surface area contributed by atoms with Crippen molar-refractivity contribution in [3.05, 3.63) is 16.1 Å². The van der Waals surface area contributed by atoms with Crippen molar-refractivity contribution in [2.75, 3.05) is 6.54 Å². The maximum Gasteiger partial charge on any atom is 0.270 e. The van der Waals surface area contributed by atoms with Gasteiger partial charge >= 0.3 is 0 Å². The van der Waals surface area contributed by atoms with Crippen molar-refractivity contribution in [2.24, 2.45) is 17.1 Å². The molecule has 1 aromatic heterocycles. The maximum absolute atomic E-state index is 11.7. The number of carbonyl (C=O) groups is 1. The number of nitrogens with zero attached hydrogens (tertiary/aromatic N) is 1. The largest absolute Gasteiger partial charge is 0.350 e. The van der Waals surface area contributed by atoms with Crippen LogP contribution in [0.25, 0.3) is 0 Å². The lowest BCUT2D eigenvalue weighted by Gasteiger charge is -2.04. The Morgan fingerprint density at radius 1 is 1.71 bits per heavy atom. The zero-order valence-electron chi connectivity index (χ0n) is 10.0. The van der Waals surface area contributed by atoms with Crippen LogP contribution >= 0.6 is 23.7 Å². The molecule has 0 radical (unpaired) electrons. The van der Waals surface area contributed by atoms with E-state index in [4.69, 9.17) is 5.73 Å². The van der Waals surface area contributed by atoms with E-state index in [0.29, 0.717) is 23.6 Å². The molecule has 1 heterocycles. The van der Waals surface area contributed by atoms with Crippen LogP contribution in [0.3, 0.4) is 0 Å². The molecule has 6 heteroatoms. The topological polar surface area (TPSA) is 68.0 Å². The predicted molar refractivity (Wildman–Crippen MR) is 71.5 cm³/mol. The van der Waals surface area contributed by atoms with Crippen LogP contribution in [0.5, 0.6) is 0 Å². The van der Waals surface area contributed by atoms with Crippen molar-refractivity contribution in [1.29, 1.82) is 0 Å². The fourth-order valence-corrected chi connectivity index (χ4v) is 2.39. The summed E-state index contributed by atoms with van der Waals surface area (Å²) < 4.78 is 0. The van der Waals surface area contributed by atoms with E-state index in [2.05, 4.69) is 24.1 Å². The van der Waals surface area contributed by atoms with Crippen LogP contribution in [-0.4, -0.2) is 17.4 Å². The molecule has 0 bridgehead atoms. The number of halogens is 1. The van der Waals surface area contributed by atoms with Crippen molar-refractivity contribution >= 4 is 29.7 Å². The lowest BCUT2D eigenvalue weighted by atomic mass is 10.1. The van der Waals surface area contributed by atoms with Gasteiger partial charge in [-0.25, -0.2) is 4.98 Å². The molecule has 1 aromatic rings. The van der Waals surface area contributed by atoms with Gasteiger partial charge in [0.25, 0.3) is 5.91 Å². The smallest absolute Gasteiger partial charge is 0.270 e. The molecule has 1 saturated carbocycles. The molecule has 96 valence electrons. The molecular formula is C11H18ClN3OS. The van der Waals surface area contributed by atoms with Crippen LogP contribution in [0.1, 0.15) is 35.8 Å². The number of hydrogen-bond acceptors (Lipinski definition) is 4. The molecule has 0 saturated heterocycles. The highest BCUT2D eigenvalue weighted by Gasteiger charge is 2.45. The quantitative estimate of drug-likeness (QED) is 0.880. The summed E-state index contributed by atoms with van der Waals surface area (Å²) in [6.07, 6.45) is 1.19. The van der Waals surface area contributed by atoms with Gasteiger partial charge in [0.2, 0.25) is 0 Å². The first-order chi connectivity index (χ1) is 7.53. The molecular weight excluding hydrogens is 258 g/mol. The molecule has 2 rings (SSSR count). The SMILES string of the molecule is CC1(C)CC1CNC(=O)c1csc(CN)n1.Cl. The lowest BCUT2D eigenvalue weighted by Crippen LogP contribution is -2.26. The summed E-state index contributed by atoms with van der Waals surface area (Å²) in [5, 5.41) is 5.48. The molecule has 3 N–H and O–H groups in total. The highest BCUT2D eigenvalue weighted by atomic mass is 35.5. The Morgan fingerprint density at radius 3 is 2.82 bits per heavy atom. The minimum absolute atomic E-state index is 0. The number of amides is 1. The van der Waals surface area contributed by atoms with E-state index in [9.17, 15) is 4.79 Å². The fourth-order valence-electron chi connectivity index (χ4n) is 1.74. The van der Waals surface area contributed by atoms with Crippen LogP contribution in [0, 0.1) is 11.3 Å². The van der Waals surface area contributed by atoms with Crippen molar-refractivity contribution in [3.63, 3.8) is 0 Å². The van der Waals surface area contributed by atoms with Gasteiger partial charge in [-0.05, 0) is 17.8 Å². The summed E-state index contributed by atoms with van der Waals surface area (Å²) in [6, 6.07) is 0. The first kappa shape index (κ1) is 14.4. The summed E-state index contributed by atoms with van der Waals surface area (Å²) in [7, 11) is 0. The summed E-state index contributed by atoms with van der Waals surface area (Å²) in [6.45, 7) is 5.59. The summed E-state index contributed by atoms with van der Waals surface area (Å²) in [5.41, 5.74) is 6.34. The molecule has 1 amide bonds. The number of rotatable bonds is 4. The van der Waals surface area contributed by atoms with Gasteiger partial charge in [0.05, 0.1) is 0 Å². The Balaban J connectivity index is 0.00000144. The van der Waals surface area contributed by atoms with Gasteiger partial charge < -0.3 is 11.1 Å². The monoisotopic (exact) mass is 275 g/mol. The van der Waals surface area contributed by atoms with E-state index < -0.39 is 0 Å². The highest BCUT2D eigenvalue weighted by molar-refractivity contribution is 7.09. The van der Waals surface area contributed by atoms with E-state index in [1.165, 1.54) is 17.8 Å². The number of hydrogen-bond donors (Lipinski definition) is 2.